The highest BCUT2D eigenvalue weighted by atomic mass is 16.2. The second-order valence-corrected chi connectivity index (χ2v) is 6.33. The van der Waals surface area contributed by atoms with Crippen LogP contribution < -0.4 is 10.2 Å². The highest BCUT2D eigenvalue weighted by Crippen LogP contribution is 2.17. The standard InChI is InChI=1S/C21H24N2O/c1-2-17-7-6-10-20(15-17)22-21(24)16-23-13-11-19(12-14-23)18-8-4-3-5-9-18/h3-11,15H,2,12-14,16H2,1H3,(H,22,24)/p+1. The van der Waals surface area contributed by atoms with E-state index in [-0.39, 0.29) is 5.91 Å². The van der Waals surface area contributed by atoms with Gasteiger partial charge in [-0.25, -0.2) is 0 Å². The molecule has 3 heteroatoms. The van der Waals surface area contributed by atoms with E-state index in [9.17, 15) is 4.79 Å². The number of carbonyl (C=O) groups excluding carboxylic acids is 1. The van der Waals surface area contributed by atoms with Gasteiger partial charge in [0, 0.05) is 12.1 Å². The van der Waals surface area contributed by atoms with Crippen LogP contribution in [0, 0.1) is 0 Å². The van der Waals surface area contributed by atoms with Crippen molar-refractivity contribution >= 4 is 17.2 Å². The Labute approximate surface area is 144 Å². The molecule has 0 saturated carbocycles. The van der Waals surface area contributed by atoms with Crippen molar-refractivity contribution in [3.63, 3.8) is 0 Å². The van der Waals surface area contributed by atoms with Crippen LogP contribution in [-0.4, -0.2) is 25.5 Å². The monoisotopic (exact) mass is 321 g/mol. The van der Waals surface area contributed by atoms with Crippen LogP contribution in [0.25, 0.3) is 5.57 Å². The van der Waals surface area contributed by atoms with Crippen molar-refractivity contribution in [3.05, 3.63) is 71.8 Å². The van der Waals surface area contributed by atoms with Crippen LogP contribution in [0.3, 0.4) is 0 Å². The Hall–Kier alpha value is -2.39. The molecule has 24 heavy (non-hydrogen) atoms. The first-order valence-electron chi connectivity index (χ1n) is 8.71. The number of quaternary nitrogens is 1. The molecule has 0 spiro atoms. The molecule has 0 aliphatic carbocycles. The van der Waals surface area contributed by atoms with Crippen molar-refractivity contribution in [1.82, 2.24) is 0 Å². The lowest BCUT2D eigenvalue weighted by Crippen LogP contribution is -3.13. The minimum Gasteiger partial charge on any atom is -0.324 e. The molecular weight excluding hydrogens is 296 g/mol. The fourth-order valence-electron chi connectivity index (χ4n) is 3.16. The van der Waals surface area contributed by atoms with Crippen LogP contribution in [0.1, 0.15) is 24.5 Å². The number of aryl methyl sites for hydroxylation is 1. The Morgan fingerprint density at radius 1 is 1.12 bits per heavy atom. The molecule has 0 fully saturated rings. The summed E-state index contributed by atoms with van der Waals surface area (Å²) < 4.78 is 0. The van der Waals surface area contributed by atoms with E-state index in [1.807, 2.05) is 18.2 Å². The second kappa shape index (κ2) is 7.93. The zero-order chi connectivity index (χ0) is 16.8. The number of anilines is 1. The number of nitrogens with one attached hydrogen (secondary N) is 2. The van der Waals surface area contributed by atoms with Gasteiger partial charge in [-0.05, 0) is 41.3 Å². The number of rotatable bonds is 5. The lowest BCUT2D eigenvalue weighted by Gasteiger charge is -2.23. The number of hydrogen-bond acceptors (Lipinski definition) is 1. The van der Waals surface area contributed by atoms with Crippen molar-refractivity contribution in [2.75, 3.05) is 25.0 Å². The third-order valence-electron chi connectivity index (χ3n) is 4.56. The Bertz CT molecular complexity index is 722. The van der Waals surface area contributed by atoms with Crippen LogP contribution in [-0.2, 0) is 11.2 Å². The van der Waals surface area contributed by atoms with Crippen molar-refractivity contribution in [2.24, 2.45) is 0 Å². The summed E-state index contributed by atoms with van der Waals surface area (Å²) in [4.78, 5) is 13.6. The van der Waals surface area contributed by atoms with Crippen LogP contribution in [0.4, 0.5) is 5.69 Å². The van der Waals surface area contributed by atoms with Gasteiger partial charge in [-0.1, -0.05) is 49.4 Å². The average Bonchev–Trinajstić information content (AvgIpc) is 2.63. The van der Waals surface area contributed by atoms with E-state index in [1.165, 1.54) is 21.6 Å². The first-order valence-corrected chi connectivity index (χ1v) is 8.71. The maximum atomic E-state index is 12.3. The van der Waals surface area contributed by atoms with E-state index < -0.39 is 0 Å². The third kappa shape index (κ3) is 4.33. The fraction of sp³-hybridized carbons (Fsp3) is 0.286. The van der Waals surface area contributed by atoms with Gasteiger partial charge < -0.3 is 10.2 Å². The van der Waals surface area contributed by atoms with Gasteiger partial charge in [0.25, 0.3) is 5.91 Å². The van der Waals surface area contributed by atoms with Gasteiger partial charge in [-0.3, -0.25) is 4.79 Å². The summed E-state index contributed by atoms with van der Waals surface area (Å²) in [5.41, 5.74) is 4.85. The lowest BCUT2D eigenvalue weighted by atomic mass is 10.00. The molecule has 2 aromatic carbocycles. The van der Waals surface area contributed by atoms with Gasteiger partial charge in [0.15, 0.2) is 6.54 Å². The summed E-state index contributed by atoms with van der Waals surface area (Å²) in [6.45, 7) is 4.56. The molecule has 1 heterocycles. The van der Waals surface area contributed by atoms with Crippen molar-refractivity contribution in [1.29, 1.82) is 0 Å². The zero-order valence-electron chi connectivity index (χ0n) is 14.2. The summed E-state index contributed by atoms with van der Waals surface area (Å²) >= 11 is 0. The molecule has 1 aliphatic heterocycles. The van der Waals surface area contributed by atoms with Gasteiger partial charge in [0.2, 0.25) is 0 Å². The zero-order valence-corrected chi connectivity index (χ0v) is 14.2. The molecule has 2 aromatic rings. The lowest BCUT2D eigenvalue weighted by molar-refractivity contribution is -0.886. The van der Waals surface area contributed by atoms with Gasteiger partial charge in [-0.2, -0.15) is 0 Å². The van der Waals surface area contributed by atoms with Crippen molar-refractivity contribution in [3.8, 4) is 0 Å². The van der Waals surface area contributed by atoms with E-state index in [1.54, 1.807) is 0 Å². The molecular formula is C21H25N2O+. The third-order valence-corrected chi connectivity index (χ3v) is 4.56. The highest BCUT2D eigenvalue weighted by Gasteiger charge is 2.18. The Balaban J connectivity index is 1.54. The molecule has 124 valence electrons. The topological polar surface area (TPSA) is 33.5 Å². The Morgan fingerprint density at radius 3 is 2.67 bits per heavy atom. The van der Waals surface area contributed by atoms with E-state index in [4.69, 9.17) is 0 Å². The summed E-state index contributed by atoms with van der Waals surface area (Å²) in [6, 6.07) is 18.6. The van der Waals surface area contributed by atoms with E-state index >= 15 is 0 Å². The summed E-state index contributed by atoms with van der Waals surface area (Å²) in [6.07, 6.45) is 4.28. The highest BCUT2D eigenvalue weighted by molar-refractivity contribution is 5.91. The smallest absolute Gasteiger partial charge is 0.279 e. The van der Waals surface area contributed by atoms with Gasteiger partial charge in [0.1, 0.15) is 0 Å². The van der Waals surface area contributed by atoms with E-state index in [0.29, 0.717) is 6.54 Å². The minimum atomic E-state index is 0.0924. The second-order valence-electron chi connectivity index (χ2n) is 6.33. The molecule has 0 bridgehead atoms. The van der Waals surface area contributed by atoms with Crippen LogP contribution in [0.15, 0.2) is 60.7 Å². The first-order chi connectivity index (χ1) is 11.7. The van der Waals surface area contributed by atoms with Crippen molar-refractivity contribution in [2.45, 2.75) is 19.8 Å². The molecule has 0 aromatic heterocycles. The Morgan fingerprint density at radius 2 is 1.96 bits per heavy atom. The minimum absolute atomic E-state index is 0.0924. The quantitative estimate of drug-likeness (QED) is 0.872. The molecule has 2 N–H and O–H groups in total. The average molecular weight is 321 g/mol. The maximum Gasteiger partial charge on any atom is 0.279 e. The number of hydrogen-bond donors (Lipinski definition) is 2. The molecule has 0 radical (unpaired) electrons. The molecule has 1 atom stereocenters. The van der Waals surface area contributed by atoms with Gasteiger partial charge >= 0.3 is 0 Å². The molecule has 3 nitrogen and oxygen atoms in total. The maximum absolute atomic E-state index is 12.3. The Kier molecular flexibility index (Phi) is 5.44. The summed E-state index contributed by atoms with van der Waals surface area (Å²) in [7, 11) is 0. The van der Waals surface area contributed by atoms with Crippen LogP contribution in [0.2, 0.25) is 0 Å². The number of benzene rings is 2. The van der Waals surface area contributed by atoms with Crippen LogP contribution >= 0.6 is 0 Å². The van der Waals surface area contributed by atoms with E-state index in [0.717, 1.165) is 31.6 Å². The van der Waals surface area contributed by atoms with E-state index in [2.05, 4.69) is 54.7 Å². The van der Waals surface area contributed by atoms with Crippen LogP contribution in [0.5, 0.6) is 0 Å². The molecule has 1 amide bonds. The predicted octanol–water partition coefficient (Wildman–Crippen LogP) is 2.56. The largest absolute Gasteiger partial charge is 0.324 e. The predicted molar refractivity (Wildman–Crippen MR) is 99.0 cm³/mol. The SMILES string of the molecule is CCc1cccc(NC(=O)C[NH+]2CC=C(c3ccccc3)CC2)c1. The summed E-state index contributed by atoms with van der Waals surface area (Å²) in [5, 5.41) is 3.03. The summed E-state index contributed by atoms with van der Waals surface area (Å²) in [5.74, 6) is 0.0924. The van der Waals surface area contributed by atoms with Gasteiger partial charge in [-0.15, -0.1) is 0 Å². The molecule has 3 rings (SSSR count). The number of amides is 1. The molecule has 1 aliphatic rings. The molecule has 0 saturated heterocycles. The van der Waals surface area contributed by atoms with Crippen molar-refractivity contribution < 1.29 is 9.69 Å². The normalized spacial score (nSPS) is 17.2. The van der Waals surface area contributed by atoms with Gasteiger partial charge in [0.05, 0.1) is 13.1 Å². The number of carbonyl (C=O) groups is 1. The fourth-order valence-corrected chi connectivity index (χ4v) is 3.16. The first kappa shape index (κ1) is 16.5. The molecule has 1 unspecified atom stereocenters.